The van der Waals surface area contributed by atoms with Crippen LogP contribution in [0.3, 0.4) is 0 Å². The SMILES string of the molecule is COc1c(Br)cc(Cl)c(C2(C(C)N)CC2)c1OC. The molecule has 1 fully saturated rings. The van der Waals surface area contributed by atoms with E-state index in [2.05, 4.69) is 15.9 Å². The molecular formula is C13H17BrClNO2. The van der Waals surface area contributed by atoms with Crippen molar-refractivity contribution in [2.24, 2.45) is 5.73 Å². The topological polar surface area (TPSA) is 44.5 Å². The monoisotopic (exact) mass is 333 g/mol. The van der Waals surface area contributed by atoms with Gasteiger partial charge in [0, 0.05) is 22.0 Å². The third-order valence-electron chi connectivity index (χ3n) is 3.71. The van der Waals surface area contributed by atoms with Gasteiger partial charge in [-0.05, 0) is 41.8 Å². The maximum atomic E-state index is 6.39. The number of nitrogens with two attached hydrogens (primary N) is 1. The van der Waals surface area contributed by atoms with Crippen LogP contribution in [0, 0.1) is 0 Å². The molecule has 0 spiro atoms. The summed E-state index contributed by atoms with van der Waals surface area (Å²) < 4.78 is 11.7. The van der Waals surface area contributed by atoms with E-state index in [0.29, 0.717) is 16.5 Å². The van der Waals surface area contributed by atoms with Gasteiger partial charge in [-0.15, -0.1) is 0 Å². The first kappa shape index (κ1) is 14.0. The highest BCUT2D eigenvalue weighted by Crippen LogP contribution is 2.58. The molecule has 0 saturated heterocycles. The van der Waals surface area contributed by atoms with Crippen molar-refractivity contribution < 1.29 is 9.47 Å². The molecule has 1 aliphatic carbocycles. The number of hydrogen-bond acceptors (Lipinski definition) is 3. The summed E-state index contributed by atoms with van der Waals surface area (Å²) in [6.45, 7) is 2.01. The van der Waals surface area contributed by atoms with Gasteiger partial charge in [0.1, 0.15) is 0 Å². The lowest BCUT2D eigenvalue weighted by Gasteiger charge is -2.25. The number of benzene rings is 1. The number of halogens is 2. The van der Waals surface area contributed by atoms with Crippen LogP contribution in [-0.2, 0) is 5.41 Å². The highest BCUT2D eigenvalue weighted by atomic mass is 79.9. The Morgan fingerprint density at radius 1 is 1.33 bits per heavy atom. The summed E-state index contributed by atoms with van der Waals surface area (Å²) in [7, 11) is 3.24. The number of ether oxygens (including phenoxy) is 2. The molecule has 0 heterocycles. The van der Waals surface area contributed by atoms with Gasteiger partial charge in [-0.2, -0.15) is 0 Å². The largest absolute Gasteiger partial charge is 0.492 e. The predicted octanol–water partition coefficient (Wildman–Crippen LogP) is 3.50. The fourth-order valence-electron chi connectivity index (χ4n) is 2.50. The molecule has 1 aromatic rings. The van der Waals surface area contributed by atoms with E-state index < -0.39 is 0 Å². The number of rotatable bonds is 4. The van der Waals surface area contributed by atoms with Crippen LogP contribution >= 0.6 is 27.5 Å². The molecule has 1 aromatic carbocycles. The zero-order valence-electron chi connectivity index (χ0n) is 10.7. The molecule has 1 atom stereocenters. The minimum absolute atomic E-state index is 0.0368. The highest BCUT2D eigenvalue weighted by molar-refractivity contribution is 9.10. The summed E-state index contributed by atoms with van der Waals surface area (Å²) in [6.07, 6.45) is 2.07. The Hall–Kier alpha value is -0.450. The molecule has 5 heteroatoms. The molecule has 1 aliphatic rings. The fraction of sp³-hybridized carbons (Fsp3) is 0.538. The average molecular weight is 335 g/mol. The Labute approximate surface area is 121 Å². The van der Waals surface area contributed by atoms with Crippen molar-refractivity contribution in [1.82, 2.24) is 0 Å². The quantitative estimate of drug-likeness (QED) is 0.916. The van der Waals surface area contributed by atoms with E-state index in [0.717, 1.165) is 22.9 Å². The van der Waals surface area contributed by atoms with Crippen molar-refractivity contribution in [3.8, 4) is 11.5 Å². The Kier molecular flexibility index (Phi) is 3.81. The normalized spacial score (nSPS) is 18.3. The molecule has 3 nitrogen and oxygen atoms in total. The van der Waals surface area contributed by atoms with E-state index in [4.69, 9.17) is 26.8 Å². The second-order valence-electron chi connectivity index (χ2n) is 4.73. The Morgan fingerprint density at radius 2 is 1.89 bits per heavy atom. The minimum Gasteiger partial charge on any atom is -0.492 e. The Balaban J connectivity index is 2.67. The van der Waals surface area contributed by atoms with Crippen LogP contribution in [0.25, 0.3) is 0 Å². The van der Waals surface area contributed by atoms with Crippen LogP contribution in [0.2, 0.25) is 5.02 Å². The van der Waals surface area contributed by atoms with E-state index in [1.807, 2.05) is 13.0 Å². The first-order chi connectivity index (χ1) is 8.47. The standard InChI is InChI=1S/C13H17BrClNO2/c1-7(16)13(4-5-13)10-9(15)6-8(14)11(17-2)12(10)18-3/h6-7H,4-5,16H2,1-3H3. The van der Waals surface area contributed by atoms with Crippen LogP contribution in [-0.4, -0.2) is 20.3 Å². The van der Waals surface area contributed by atoms with Crippen LogP contribution in [0.4, 0.5) is 0 Å². The molecule has 2 rings (SSSR count). The van der Waals surface area contributed by atoms with Crippen molar-refractivity contribution >= 4 is 27.5 Å². The van der Waals surface area contributed by atoms with Crippen LogP contribution in [0.5, 0.6) is 11.5 Å². The van der Waals surface area contributed by atoms with Crippen molar-refractivity contribution in [3.05, 3.63) is 21.1 Å². The molecular weight excluding hydrogens is 318 g/mol. The molecule has 0 amide bonds. The molecule has 1 saturated carbocycles. The van der Waals surface area contributed by atoms with Gasteiger partial charge >= 0.3 is 0 Å². The third kappa shape index (κ3) is 2.00. The second-order valence-corrected chi connectivity index (χ2v) is 5.99. The van der Waals surface area contributed by atoms with E-state index in [1.54, 1.807) is 14.2 Å². The van der Waals surface area contributed by atoms with E-state index >= 15 is 0 Å². The molecule has 100 valence electrons. The van der Waals surface area contributed by atoms with Gasteiger partial charge in [0.2, 0.25) is 0 Å². The van der Waals surface area contributed by atoms with Gasteiger partial charge in [0.05, 0.1) is 18.7 Å². The summed E-state index contributed by atoms with van der Waals surface area (Å²) in [5.41, 5.74) is 7.02. The van der Waals surface area contributed by atoms with Gasteiger partial charge in [-0.1, -0.05) is 11.6 Å². The van der Waals surface area contributed by atoms with Crippen molar-refractivity contribution in [1.29, 1.82) is 0 Å². The smallest absolute Gasteiger partial charge is 0.175 e. The first-order valence-corrected chi connectivity index (χ1v) is 7.01. The Bertz CT molecular complexity index is 473. The summed E-state index contributed by atoms with van der Waals surface area (Å²) in [4.78, 5) is 0. The summed E-state index contributed by atoms with van der Waals surface area (Å²) in [6, 6.07) is 1.88. The number of methoxy groups -OCH3 is 2. The maximum absolute atomic E-state index is 6.39. The zero-order valence-corrected chi connectivity index (χ0v) is 13.1. The van der Waals surface area contributed by atoms with Crippen molar-refractivity contribution in [2.45, 2.75) is 31.2 Å². The first-order valence-electron chi connectivity index (χ1n) is 5.84. The molecule has 18 heavy (non-hydrogen) atoms. The van der Waals surface area contributed by atoms with Crippen molar-refractivity contribution in [2.75, 3.05) is 14.2 Å². The minimum atomic E-state index is -0.0730. The lowest BCUT2D eigenvalue weighted by Crippen LogP contribution is -2.32. The van der Waals surface area contributed by atoms with Gasteiger partial charge in [-0.3, -0.25) is 0 Å². The van der Waals surface area contributed by atoms with E-state index in [-0.39, 0.29) is 11.5 Å². The van der Waals surface area contributed by atoms with Crippen LogP contribution in [0.1, 0.15) is 25.3 Å². The molecule has 0 aromatic heterocycles. The lowest BCUT2D eigenvalue weighted by molar-refractivity contribution is 0.344. The third-order valence-corrected chi connectivity index (χ3v) is 4.60. The van der Waals surface area contributed by atoms with Gasteiger partial charge in [-0.25, -0.2) is 0 Å². The molecule has 0 aliphatic heterocycles. The molecule has 0 bridgehead atoms. The van der Waals surface area contributed by atoms with E-state index in [9.17, 15) is 0 Å². The summed E-state index contributed by atoms with van der Waals surface area (Å²) >= 11 is 9.83. The van der Waals surface area contributed by atoms with E-state index in [1.165, 1.54) is 0 Å². The van der Waals surface area contributed by atoms with Gasteiger partial charge in [0.25, 0.3) is 0 Å². The fourth-order valence-corrected chi connectivity index (χ4v) is 3.58. The highest BCUT2D eigenvalue weighted by Gasteiger charge is 2.51. The predicted molar refractivity (Wildman–Crippen MR) is 76.8 cm³/mol. The summed E-state index contributed by atoms with van der Waals surface area (Å²) in [5, 5.41) is 0.675. The zero-order chi connectivity index (χ0) is 13.5. The maximum Gasteiger partial charge on any atom is 0.175 e. The second kappa shape index (κ2) is 4.91. The molecule has 0 radical (unpaired) electrons. The average Bonchev–Trinajstić information content (AvgIpc) is 3.09. The van der Waals surface area contributed by atoms with Gasteiger partial charge < -0.3 is 15.2 Å². The van der Waals surface area contributed by atoms with Crippen LogP contribution < -0.4 is 15.2 Å². The molecule has 1 unspecified atom stereocenters. The number of hydrogen-bond donors (Lipinski definition) is 1. The summed E-state index contributed by atoms with van der Waals surface area (Å²) in [5.74, 6) is 1.36. The van der Waals surface area contributed by atoms with Crippen LogP contribution in [0.15, 0.2) is 10.5 Å². The van der Waals surface area contributed by atoms with Gasteiger partial charge in [0.15, 0.2) is 11.5 Å². The molecule has 2 N–H and O–H groups in total. The Morgan fingerprint density at radius 3 is 2.28 bits per heavy atom. The van der Waals surface area contributed by atoms with Crippen molar-refractivity contribution in [3.63, 3.8) is 0 Å². The lowest BCUT2D eigenvalue weighted by atomic mass is 9.88.